The molecule has 1 aromatic heterocycles. The normalized spacial score (nSPS) is 10.4. The number of halogens is 2. The van der Waals surface area contributed by atoms with Gasteiger partial charge < -0.3 is 10.6 Å². The van der Waals surface area contributed by atoms with E-state index in [0.29, 0.717) is 27.4 Å². The number of nitrogens with zero attached hydrogens (tertiary/aromatic N) is 2. The van der Waals surface area contributed by atoms with E-state index in [4.69, 9.17) is 23.2 Å². The predicted octanol–water partition coefficient (Wildman–Crippen LogP) is 5.79. The Morgan fingerprint density at radius 3 is 2.37 bits per heavy atom. The summed E-state index contributed by atoms with van der Waals surface area (Å²) in [6, 6.07) is 12.2. The summed E-state index contributed by atoms with van der Waals surface area (Å²) in [6.07, 6.45) is 1.37. The minimum atomic E-state index is -0.513. The van der Waals surface area contributed by atoms with Crippen molar-refractivity contribution in [2.45, 2.75) is 13.8 Å². The van der Waals surface area contributed by atoms with Crippen molar-refractivity contribution in [3.63, 3.8) is 0 Å². The van der Waals surface area contributed by atoms with Crippen molar-refractivity contribution >= 4 is 52.2 Å². The van der Waals surface area contributed by atoms with Crippen molar-refractivity contribution < 1.29 is 4.79 Å². The number of carbonyl (C=O) groups is 1. The molecule has 0 saturated carbocycles. The molecule has 0 spiro atoms. The second-order valence-electron chi connectivity index (χ2n) is 5.91. The zero-order valence-electron chi connectivity index (χ0n) is 14.7. The molecule has 6 nitrogen and oxygen atoms in total. The number of para-hydroxylation sites is 1. The van der Waals surface area contributed by atoms with E-state index < -0.39 is 6.03 Å². The molecule has 0 aliphatic carbocycles. The lowest BCUT2D eigenvalue weighted by Gasteiger charge is -2.12. The first kappa shape index (κ1) is 18.9. The third-order valence-electron chi connectivity index (χ3n) is 3.77. The van der Waals surface area contributed by atoms with Crippen LogP contribution >= 0.6 is 23.2 Å². The molecule has 3 rings (SSSR count). The number of hydrogen-bond donors (Lipinski definition) is 3. The lowest BCUT2D eigenvalue weighted by molar-refractivity contribution is 0.262. The number of carbonyl (C=O) groups excluding carboxylic acids is 1. The highest BCUT2D eigenvalue weighted by atomic mass is 35.5. The molecule has 0 fully saturated rings. The van der Waals surface area contributed by atoms with E-state index in [1.807, 2.05) is 32.0 Å². The van der Waals surface area contributed by atoms with Gasteiger partial charge in [-0.05, 0) is 43.2 Å². The van der Waals surface area contributed by atoms with Crippen LogP contribution in [-0.4, -0.2) is 16.0 Å². The number of rotatable bonds is 4. The molecule has 0 aliphatic rings. The van der Waals surface area contributed by atoms with E-state index >= 15 is 0 Å². The van der Waals surface area contributed by atoms with Gasteiger partial charge in [0.05, 0.1) is 15.7 Å². The summed E-state index contributed by atoms with van der Waals surface area (Å²) in [5.41, 5.74) is 3.49. The number of nitrogens with one attached hydrogen (secondary N) is 3. The van der Waals surface area contributed by atoms with Crippen LogP contribution in [0.2, 0.25) is 10.0 Å². The number of aryl methyl sites for hydroxylation is 2. The van der Waals surface area contributed by atoms with Crippen molar-refractivity contribution in [3.8, 4) is 0 Å². The van der Waals surface area contributed by atoms with Gasteiger partial charge in [-0.3, -0.25) is 5.32 Å². The van der Waals surface area contributed by atoms with Gasteiger partial charge >= 0.3 is 6.03 Å². The molecule has 27 heavy (non-hydrogen) atoms. The summed E-state index contributed by atoms with van der Waals surface area (Å²) in [7, 11) is 0. The third-order valence-corrected chi connectivity index (χ3v) is 4.40. The first-order valence-electron chi connectivity index (χ1n) is 8.11. The van der Waals surface area contributed by atoms with Crippen LogP contribution in [0.4, 0.5) is 27.8 Å². The monoisotopic (exact) mass is 401 g/mol. The minimum Gasteiger partial charge on any atom is -0.340 e. The zero-order valence-corrected chi connectivity index (χ0v) is 16.2. The summed E-state index contributed by atoms with van der Waals surface area (Å²) in [5, 5.41) is 9.18. The zero-order chi connectivity index (χ0) is 19.4. The number of aromatic nitrogens is 2. The Morgan fingerprint density at radius 2 is 1.63 bits per heavy atom. The van der Waals surface area contributed by atoms with E-state index in [1.54, 1.807) is 24.3 Å². The third kappa shape index (κ3) is 4.87. The SMILES string of the molecule is Cc1ccc(C)c(Nc2cc(NC(=O)Nc3c(Cl)cccc3Cl)ncn2)c1. The Bertz CT molecular complexity index is 973. The van der Waals surface area contributed by atoms with Gasteiger partial charge in [-0.2, -0.15) is 0 Å². The average molecular weight is 402 g/mol. The number of anilines is 4. The Kier molecular flexibility index (Phi) is 5.78. The van der Waals surface area contributed by atoms with Gasteiger partial charge in [0.2, 0.25) is 0 Å². The van der Waals surface area contributed by atoms with Crippen molar-refractivity contribution in [2.75, 3.05) is 16.0 Å². The Labute approximate surface area is 166 Å². The molecule has 0 atom stereocenters. The number of hydrogen-bond acceptors (Lipinski definition) is 4. The van der Waals surface area contributed by atoms with Crippen molar-refractivity contribution in [2.24, 2.45) is 0 Å². The maximum atomic E-state index is 12.2. The highest BCUT2D eigenvalue weighted by Gasteiger charge is 2.11. The van der Waals surface area contributed by atoms with Gasteiger partial charge in [-0.1, -0.05) is 41.4 Å². The summed E-state index contributed by atoms with van der Waals surface area (Å²) in [5.74, 6) is 0.892. The molecule has 0 unspecified atom stereocenters. The fraction of sp³-hybridized carbons (Fsp3) is 0.105. The standard InChI is InChI=1S/C19H17Cl2N5O/c1-11-6-7-12(2)15(8-11)24-16-9-17(23-10-22-16)25-19(27)26-18-13(20)4-3-5-14(18)21/h3-10H,1-2H3,(H3,22,23,24,25,26,27). The van der Waals surface area contributed by atoms with Crippen molar-refractivity contribution in [3.05, 3.63) is 70.0 Å². The largest absolute Gasteiger partial charge is 0.340 e. The minimum absolute atomic E-state index is 0.332. The molecular formula is C19H17Cl2N5O. The molecule has 138 valence electrons. The van der Waals surface area contributed by atoms with E-state index in [-0.39, 0.29) is 0 Å². The summed E-state index contributed by atoms with van der Waals surface area (Å²) in [6.45, 7) is 4.02. The second-order valence-corrected chi connectivity index (χ2v) is 6.72. The van der Waals surface area contributed by atoms with Crippen molar-refractivity contribution in [1.82, 2.24) is 9.97 Å². The molecule has 0 radical (unpaired) electrons. The molecule has 2 amide bonds. The van der Waals surface area contributed by atoms with E-state index in [1.165, 1.54) is 6.33 Å². The van der Waals surface area contributed by atoms with Gasteiger partial charge in [0.25, 0.3) is 0 Å². The lowest BCUT2D eigenvalue weighted by Crippen LogP contribution is -2.20. The van der Waals surface area contributed by atoms with E-state index in [0.717, 1.165) is 16.8 Å². The maximum absolute atomic E-state index is 12.2. The van der Waals surface area contributed by atoms with Crippen LogP contribution < -0.4 is 16.0 Å². The molecular weight excluding hydrogens is 385 g/mol. The fourth-order valence-electron chi connectivity index (χ4n) is 2.38. The number of amides is 2. The first-order chi connectivity index (χ1) is 12.9. The van der Waals surface area contributed by atoms with Crippen molar-refractivity contribution in [1.29, 1.82) is 0 Å². The van der Waals surface area contributed by atoms with E-state index in [9.17, 15) is 4.79 Å². The summed E-state index contributed by atoms with van der Waals surface area (Å²) < 4.78 is 0. The predicted molar refractivity (Wildman–Crippen MR) is 110 cm³/mol. The highest BCUT2D eigenvalue weighted by Crippen LogP contribution is 2.30. The first-order valence-corrected chi connectivity index (χ1v) is 8.86. The van der Waals surface area contributed by atoms with Crippen LogP contribution in [0.1, 0.15) is 11.1 Å². The van der Waals surface area contributed by atoms with Crippen LogP contribution in [0.15, 0.2) is 48.8 Å². The summed E-state index contributed by atoms with van der Waals surface area (Å²) >= 11 is 12.1. The van der Waals surface area contributed by atoms with Crippen LogP contribution in [0.5, 0.6) is 0 Å². The molecule has 3 N–H and O–H groups in total. The van der Waals surface area contributed by atoms with Gasteiger partial charge in [0.1, 0.15) is 18.0 Å². The molecule has 0 bridgehead atoms. The van der Waals surface area contributed by atoms with Crippen LogP contribution in [0.25, 0.3) is 0 Å². The lowest BCUT2D eigenvalue weighted by atomic mass is 10.1. The summed E-state index contributed by atoms with van der Waals surface area (Å²) in [4.78, 5) is 20.5. The number of urea groups is 1. The maximum Gasteiger partial charge on any atom is 0.324 e. The molecule has 3 aromatic rings. The van der Waals surface area contributed by atoms with Gasteiger partial charge in [0, 0.05) is 11.8 Å². The molecule has 0 aliphatic heterocycles. The second kappa shape index (κ2) is 8.24. The molecule has 1 heterocycles. The van der Waals surface area contributed by atoms with Gasteiger partial charge in [-0.25, -0.2) is 14.8 Å². The van der Waals surface area contributed by atoms with Crippen LogP contribution in [-0.2, 0) is 0 Å². The molecule has 0 saturated heterocycles. The molecule has 2 aromatic carbocycles. The fourth-order valence-corrected chi connectivity index (χ4v) is 2.87. The van der Waals surface area contributed by atoms with Gasteiger partial charge in [0.15, 0.2) is 0 Å². The Hall–Kier alpha value is -2.83. The van der Waals surface area contributed by atoms with Crippen LogP contribution in [0, 0.1) is 13.8 Å². The van der Waals surface area contributed by atoms with E-state index in [2.05, 4.69) is 25.9 Å². The topological polar surface area (TPSA) is 78.9 Å². The highest BCUT2D eigenvalue weighted by molar-refractivity contribution is 6.39. The van der Waals surface area contributed by atoms with Gasteiger partial charge in [-0.15, -0.1) is 0 Å². The number of benzene rings is 2. The quantitative estimate of drug-likeness (QED) is 0.516. The average Bonchev–Trinajstić information content (AvgIpc) is 2.62. The molecule has 8 heteroatoms. The Balaban J connectivity index is 1.72. The Morgan fingerprint density at radius 1 is 0.926 bits per heavy atom. The smallest absolute Gasteiger partial charge is 0.324 e. The van der Waals surface area contributed by atoms with Crippen LogP contribution in [0.3, 0.4) is 0 Å².